The molecule has 98 valence electrons. The fraction of sp³-hybridized carbons (Fsp3) is 0.333. The van der Waals surface area contributed by atoms with Crippen molar-refractivity contribution in [2.75, 3.05) is 11.9 Å². The quantitative estimate of drug-likeness (QED) is 0.909. The summed E-state index contributed by atoms with van der Waals surface area (Å²) >= 11 is 0. The first-order chi connectivity index (χ1) is 9.11. The molecule has 0 amide bonds. The Morgan fingerprint density at radius 1 is 1.37 bits per heavy atom. The Morgan fingerprint density at radius 2 is 2.11 bits per heavy atom. The Balaban J connectivity index is 2.07. The second-order valence-corrected chi connectivity index (χ2v) is 4.66. The Hall–Kier alpha value is -2.28. The number of hydrogen-bond acceptors (Lipinski definition) is 4. The highest BCUT2D eigenvalue weighted by Gasteiger charge is 2.13. The largest absolute Gasteiger partial charge is 0.424 e. The van der Waals surface area contributed by atoms with Crippen LogP contribution in [0.3, 0.4) is 0 Å². The summed E-state index contributed by atoms with van der Waals surface area (Å²) in [6.07, 6.45) is 0. The lowest BCUT2D eigenvalue weighted by molar-refractivity contribution is 0.530. The summed E-state index contributed by atoms with van der Waals surface area (Å²) in [6.45, 7) is 6.68. The molecule has 1 N–H and O–H groups in total. The second-order valence-electron chi connectivity index (χ2n) is 4.66. The van der Waals surface area contributed by atoms with Crippen LogP contribution in [0.25, 0.3) is 0 Å². The molecule has 0 spiro atoms. The molecule has 0 aliphatic carbocycles. The summed E-state index contributed by atoms with van der Waals surface area (Å²) in [7, 11) is 0. The van der Waals surface area contributed by atoms with E-state index in [0.29, 0.717) is 29.9 Å². The lowest BCUT2D eigenvalue weighted by Crippen LogP contribution is -2.11. The van der Waals surface area contributed by atoms with Gasteiger partial charge < -0.3 is 9.73 Å². The van der Waals surface area contributed by atoms with E-state index < -0.39 is 0 Å². The molecule has 0 radical (unpaired) electrons. The summed E-state index contributed by atoms with van der Waals surface area (Å²) in [5.41, 5.74) is 2.88. The maximum atomic E-state index is 8.95. The summed E-state index contributed by atoms with van der Waals surface area (Å²) in [6, 6.07) is 10.3. The molecule has 0 saturated heterocycles. The van der Waals surface area contributed by atoms with Gasteiger partial charge in [-0.3, -0.25) is 0 Å². The molecular weight excluding hydrogens is 238 g/mol. The van der Waals surface area contributed by atoms with Crippen LogP contribution in [0, 0.1) is 25.2 Å². The van der Waals surface area contributed by atoms with Crippen LogP contribution in [0.2, 0.25) is 0 Å². The van der Waals surface area contributed by atoms with E-state index in [-0.39, 0.29) is 0 Å². The molecule has 1 atom stereocenters. The molecule has 2 rings (SSSR count). The van der Waals surface area contributed by atoms with E-state index in [1.165, 1.54) is 11.1 Å². The van der Waals surface area contributed by atoms with Crippen LogP contribution < -0.4 is 5.32 Å². The monoisotopic (exact) mass is 255 g/mol. The fourth-order valence-corrected chi connectivity index (χ4v) is 2.12. The van der Waals surface area contributed by atoms with Gasteiger partial charge >= 0.3 is 0 Å². The summed E-state index contributed by atoms with van der Waals surface area (Å²) in [4.78, 5) is 4.01. The number of aryl methyl sites for hydroxylation is 2. The molecule has 1 aromatic carbocycles. The number of benzene rings is 1. The molecule has 0 unspecified atom stereocenters. The van der Waals surface area contributed by atoms with Gasteiger partial charge in [0.15, 0.2) is 5.89 Å². The van der Waals surface area contributed by atoms with Crippen molar-refractivity contribution in [1.82, 2.24) is 4.98 Å². The van der Waals surface area contributed by atoms with E-state index in [2.05, 4.69) is 36.3 Å². The Labute approximate surface area is 113 Å². The van der Waals surface area contributed by atoms with Crippen molar-refractivity contribution in [3.8, 4) is 6.07 Å². The summed E-state index contributed by atoms with van der Waals surface area (Å²) in [5, 5.41) is 12.1. The summed E-state index contributed by atoms with van der Waals surface area (Å²) in [5.74, 6) is 1.29. The van der Waals surface area contributed by atoms with Crippen LogP contribution in [-0.2, 0) is 0 Å². The maximum absolute atomic E-state index is 8.95. The van der Waals surface area contributed by atoms with Gasteiger partial charge in [-0.2, -0.15) is 5.26 Å². The predicted molar refractivity (Wildman–Crippen MR) is 74.0 cm³/mol. The highest BCUT2D eigenvalue weighted by atomic mass is 16.4. The van der Waals surface area contributed by atoms with Crippen LogP contribution in [0.15, 0.2) is 28.7 Å². The molecule has 0 fully saturated rings. The number of oxazole rings is 1. The van der Waals surface area contributed by atoms with E-state index in [1.807, 2.05) is 18.2 Å². The average molecular weight is 255 g/mol. The molecule has 0 aliphatic rings. The van der Waals surface area contributed by atoms with Gasteiger partial charge in [-0.05, 0) is 24.0 Å². The molecular formula is C15H17N3O. The van der Waals surface area contributed by atoms with Gasteiger partial charge in [-0.1, -0.05) is 31.2 Å². The highest BCUT2D eigenvalue weighted by Crippen LogP contribution is 2.21. The van der Waals surface area contributed by atoms with Crippen molar-refractivity contribution in [3.63, 3.8) is 0 Å². The van der Waals surface area contributed by atoms with Gasteiger partial charge in [-0.15, -0.1) is 0 Å². The van der Waals surface area contributed by atoms with Crippen molar-refractivity contribution < 1.29 is 4.42 Å². The molecule has 1 heterocycles. The van der Waals surface area contributed by atoms with Crippen molar-refractivity contribution in [3.05, 3.63) is 47.0 Å². The molecule has 1 aromatic heterocycles. The number of nitriles is 1. The SMILES string of the molecule is Cc1nc(C#N)c(NC[C@@H](C)c2ccccc2C)o1. The zero-order chi connectivity index (χ0) is 13.8. The third kappa shape index (κ3) is 2.94. The number of nitrogens with one attached hydrogen (secondary N) is 1. The first-order valence-electron chi connectivity index (χ1n) is 6.28. The predicted octanol–water partition coefficient (Wildman–Crippen LogP) is 3.38. The van der Waals surface area contributed by atoms with E-state index in [0.717, 1.165) is 0 Å². The second kappa shape index (κ2) is 5.57. The van der Waals surface area contributed by atoms with Crippen LogP contribution in [0.4, 0.5) is 5.88 Å². The van der Waals surface area contributed by atoms with Gasteiger partial charge in [0.25, 0.3) is 0 Å². The third-order valence-corrected chi connectivity index (χ3v) is 3.13. The minimum Gasteiger partial charge on any atom is -0.424 e. The minimum atomic E-state index is 0.314. The van der Waals surface area contributed by atoms with Gasteiger partial charge in [-0.25, -0.2) is 4.98 Å². The number of aromatic nitrogens is 1. The number of anilines is 1. The van der Waals surface area contributed by atoms with Crippen molar-refractivity contribution >= 4 is 5.88 Å². The lowest BCUT2D eigenvalue weighted by Gasteiger charge is -2.14. The van der Waals surface area contributed by atoms with Crippen molar-refractivity contribution in [2.24, 2.45) is 0 Å². The van der Waals surface area contributed by atoms with Gasteiger partial charge in [0, 0.05) is 13.5 Å². The fourth-order valence-electron chi connectivity index (χ4n) is 2.12. The normalized spacial score (nSPS) is 11.9. The zero-order valence-corrected chi connectivity index (χ0v) is 11.4. The first kappa shape index (κ1) is 13.2. The van der Waals surface area contributed by atoms with Crippen LogP contribution in [0.5, 0.6) is 0 Å². The van der Waals surface area contributed by atoms with E-state index in [9.17, 15) is 0 Å². The van der Waals surface area contributed by atoms with E-state index >= 15 is 0 Å². The molecule has 0 saturated carbocycles. The molecule has 2 aromatic rings. The molecule has 4 heteroatoms. The third-order valence-electron chi connectivity index (χ3n) is 3.13. The minimum absolute atomic E-state index is 0.314. The number of nitrogens with zero attached hydrogens (tertiary/aromatic N) is 2. The number of rotatable bonds is 4. The van der Waals surface area contributed by atoms with E-state index in [4.69, 9.17) is 9.68 Å². The van der Waals surface area contributed by atoms with Gasteiger partial charge in [0.1, 0.15) is 6.07 Å². The lowest BCUT2D eigenvalue weighted by atomic mass is 9.96. The Bertz CT molecular complexity index is 610. The van der Waals surface area contributed by atoms with Crippen LogP contribution in [-0.4, -0.2) is 11.5 Å². The molecule has 0 bridgehead atoms. The van der Waals surface area contributed by atoms with Crippen molar-refractivity contribution in [1.29, 1.82) is 5.26 Å². The maximum Gasteiger partial charge on any atom is 0.232 e. The Morgan fingerprint density at radius 3 is 2.79 bits per heavy atom. The zero-order valence-electron chi connectivity index (χ0n) is 11.4. The van der Waals surface area contributed by atoms with Gasteiger partial charge in [0.2, 0.25) is 11.6 Å². The molecule has 19 heavy (non-hydrogen) atoms. The standard InChI is InChI=1S/C15H17N3O/c1-10-6-4-5-7-13(10)11(2)9-17-15-14(8-16)18-12(3)19-15/h4-7,11,17H,9H2,1-3H3/t11-/m1/s1. The van der Waals surface area contributed by atoms with Gasteiger partial charge in [0.05, 0.1) is 0 Å². The van der Waals surface area contributed by atoms with Crippen LogP contribution in [0.1, 0.15) is 35.6 Å². The highest BCUT2D eigenvalue weighted by molar-refractivity contribution is 5.45. The number of hydrogen-bond donors (Lipinski definition) is 1. The summed E-state index contributed by atoms with van der Waals surface area (Å²) < 4.78 is 5.38. The topological polar surface area (TPSA) is 61.9 Å². The smallest absolute Gasteiger partial charge is 0.232 e. The Kier molecular flexibility index (Phi) is 3.86. The van der Waals surface area contributed by atoms with E-state index in [1.54, 1.807) is 6.92 Å². The molecule has 4 nitrogen and oxygen atoms in total. The van der Waals surface area contributed by atoms with Crippen molar-refractivity contribution in [2.45, 2.75) is 26.7 Å². The average Bonchev–Trinajstić information content (AvgIpc) is 2.77. The molecule has 0 aliphatic heterocycles. The first-order valence-corrected chi connectivity index (χ1v) is 6.28. The van der Waals surface area contributed by atoms with Crippen LogP contribution >= 0.6 is 0 Å².